The summed E-state index contributed by atoms with van der Waals surface area (Å²) in [4.78, 5) is 15.0. The number of guanidine groups is 1. The van der Waals surface area contributed by atoms with Crippen LogP contribution in [0.4, 0.5) is 0 Å². The molecule has 0 bridgehead atoms. The number of aliphatic imine (C=N–C) groups is 1. The van der Waals surface area contributed by atoms with Crippen LogP contribution in [0.1, 0.15) is 104 Å². The van der Waals surface area contributed by atoms with Crippen LogP contribution in [0, 0.1) is 0 Å². The molecule has 0 amide bonds. The summed E-state index contributed by atoms with van der Waals surface area (Å²) in [6.45, 7) is 4.27. The van der Waals surface area contributed by atoms with Crippen molar-refractivity contribution in [2.45, 2.75) is 115 Å². The van der Waals surface area contributed by atoms with Gasteiger partial charge in [0.2, 0.25) is 0 Å². The van der Waals surface area contributed by atoms with Crippen LogP contribution in [0.25, 0.3) is 0 Å². The number of carboxylic acid groups (broad SMARTS) is 1. The average Bonchev–Trinajstić information content (AvgIpc) is 3.14. The second kappa shape index (κ2) is 16.2. The Kier molecular flexibility index (Phi) is 14.3. The Balaban J connectivity index is 2.05. The second-order valence-electron chi connectivity index (χ2n) is 8.72. The zero-order chi connectivity index (χ0) is 22.1. The van der Waals surface area contributed by atoms with Crippen LogP contribution in [0.15, 0.2) is 17.1 Å². The van der Waals surface area contributed by atoms with Gasteiger partial charge in [-0.2, -0.15) is 0 Å². The van der Waals surface area contributed by atoms with Gasteiger partial charge in [0.15, 0.2) is 5.96 Å². The lowest BCUT2D eigenvalue weighted by molar-refractivity contribution is -0.135. The molecule has 1 rings (SSSR count). The van der Waals surface area contributed by atoms with Gasteiger partial charge in [0, 0.05) is 0 Å². The molecule has 6 nitrogen and oxygen atoms in total. The molecular formula is C24H45N3O3. The molecule has 4 N–H and O–H groups in total. The lowest BCUT2D eigenvalue weighted by Crippen LogP contribution is -2.56. The van der Waals surface area contributed by atoms with Gasteiger partial charge in [0.1, 0.15) is 6.54 Å². The summed E-state index contributed by atoms with van der Waals surface area (Å²) in [5, 5.41) is 24.9. The van der Waals surface area contributed by atoms with E-state index in [1.54, 1.807) is 6.92 Å². The molecule has 2 unspecified atom stereocenters. The van der Waals surface area contributed by atoms with Crippen LogP contribution in [-0.2, 0) is 4.79 Å². The first-order valence-corrected chi connectivity index (χ1v) is 12.1. The van der Waals surface area contributed by atoms with E-state index >= 15 is 0 Å². The van der Waals surface area contributed by atoms with E-state index in [1.807, 2.05) is 0 Å². The minimum Gasteiger partial charge on any atom is -0.480 e. The summed E-state index contributed by atoms with van der Waals surface area (Å²) < 4.78 is 0. The number of aliphatic hydroxyl groups is 1. The van der Waals surface area contributed by atoms with Crippen LogP contribution < -0.4 is 10.6 Å². The highest BCUT2D eigenvalue weighted by Gasteiger charge is 2.39. The van der Waals surface area contributed by atoms with E-state index in [2.05, 4.69) is 34.7 Å². The molecule has 0 saturated heterocycles. The molecular weight excluding hydrogens is 378 g/mol. The summed E-state index contributed by atoms with van der Waals surface area (Å²) in [6, 6.07) is 0. The van der Waals surface area contributed by atoms with Gasteiger partial charge in [0.25, 0.3) is 0 Å². The fourth-order valence-corrected chi connectivity index (χ4v) is 3.83. The first-order chi connectivity index (χ1) is 14.5. The van der Waals surface area contributed by atoms with Crippen molar-refractivity contribution < 1.29 is 15.0 Å². The van der Waals surface area contributed by atoms with Gasteiger partial charge in [-0.3, -0.25) is 9.79 Å². The number of rotatable bonds is 18. The van der Waals surface area contributed by atoms with Crippen molar-refractivity contribution in [1.82, 2.24) is 10.6 Å². The highest BCUT2D eigenvalue weighted by atomic mass is 16.4. The zero-order valence-corrected chi connectivity index (χ0v) is 19.3. The Bertz CT molecular complexity index is 520. The third kappa shape index (κ3) is 11.6. The number of unbranched alkanes of at least 4 members (excludes halogenated alkanes) is 12. The summed E-state index contributed by atoms with van der Waals surface area (Å²) in [5.41, 5.74) is -0.548. The second-order valence-corrected chi connectivity index (χ2v) is 8.72. The van der Waals surface area contributed by atoms with Gasteiger partial charge in [-0.05, 0) is 26.2 Å². The third-order valence-electron chi connectivity index (χ3n) is 5.97. The Hall–Kier alpha value is -1.56. The number of allylic oxidation sites excluding steroid dienone is 1. The third-order valence-corrected chi connectivity index (χ3v) is 5.97. The van der Waals surface area contributed by atoms with E-state index in [9.17, 15) is 9.90 Å². The van der Waals surface area contributed by atoms with Gasteiger partial charge in [0.05, 0.1) is 18.2 Å². The summed E-state index contributed by atoms with van der Waals surface area (Å²) in [5.74, 6) is -0.482. The van der Waals surface area contributed by atoms with Crippen LogP contribution >= 0.6 is 0 Å². The number of aliphatic carboxylic acids is 1. The number of nitrogens with one attached hydrogen (secondary N) is 2. The minimum absolute atomic E-state index is 0.184. The SMILES string of the molecule is CCCCCCCCCCCCCCC=CCC1(C(C)O)CN=C(NCC(=O)O)N1. The fourth-order valence-electron chi connectivity index (χ4n) is 3.83. The van der Waals surface area contributed by atoms with Gasteiger partial charge >= 0.3 is 5.97 Å². The normalized spacial score (nSPS) is 19.6. The van der Waals surface area contributed by atoms with E-state index in [4.69, 9.17) is 5.11 Å². The maximum absolute atomic E-state index is 10.7. The van der Waals surface area contributed by atoms with Crippen LogP contribution in [0.5, 0.6) is 0 Å². The number of nitrogens with zero attached hydrogens (tertiary/aromatic N) is 1. The largest absolute Gasteiger partial charge is 0.480 e. The number of hydrogen-bond acceptors (Lipinski definition) is 5. The molecule has 0 aromatic heterocycles. The van der Waals surface area contributed by atoms with Crippen molar-refractivity contribution in [2.24, 2.45) is 4.99 Å². The van der Waals surface area contributed by atoms with Crippen molar-refractivity contribution in [3.63, 3.8) is 0 Å². The van der Waals surface area contributed by atoms with E-state index < -0.39 is 17.6 Å². The van der Waals surface area contributed by atoms with Gasteiger partial charge in [-0.1, -0.05) is 89.7 Å². The standard InChI is InChI=1S/C24H45N3O3/c1-3-4-5-6-7-8-9-10-11-12-13-14-15-16-17-18-24(21(2)28)20-26-23(27-24)25-19-22(29)30/h16-17,21,28H,3-15,18-20H2,1-2H3,(H,29,30)(H2,25,26,27). The lowest BCUT2D eigenvalue weighted by atomic mass is 9.90. The fraction of sp³-hybridized carbons (Fsp3) is 0.833. The molecule has 0 saturated carbocycles. The monoisotopic (exact) mass is 423 g/mol. The highest BCUT2D eigenvalue weighted by Crippen LogP contribution is 2.21. The van der Waals surface area contributed by atoms with E-state index in [-0.39, 0.29) is 6.54 Å². The topological polar surface area (TPSA) is 94.0 Å². The predicted octanol–water partition coefficient (Wildman–Crippen LogP) is 4.78. The molecule has 30 heavy (non-hydrogen) atoms. The van der Waals surface area contributed by atoms with Gasteiger partial charge < -0.3 is 20.8 Å². The molecule has 0 fully saturated rings. The molecule has 174 valence electrons. The van der Waals surface area contributed by atoms with Gasteiger partial charge in [-0.15, -0.1) is 0 Å². The quantitative estimate of drug-likeness (QED) is 0.188. The maximum atomic E-state index is 10.7. The Labute approximate surface area is 183 Å². The smallest absolute Gasteiger partial charge is 0.322 e. The number of carboxylic acids is 1. The lowest BCUT2D eigenvalue weighted by Gasteiger charge is -2.31. The Morgan fingerprint density at radius 1 is 1.07 bits per heavy atom. The number of hydrogen-bond donors (Lipinski definition) is 4. The van der Waals surface area contributed by atoms with Crippen molar-refractivity contribution in [3.8, 4) is 0 Å². The first-order valence-electron chi connectivity index (χ1n) is 12.1. The van der Waals surface area contributed by atoms with Crippen molar-refractivity contribution >= 4 is 11.9 Å². The van der Waals surface area contributed by atoms with Gasteiger partial charge in [-0.25, -0.2) is 0 Å². The van der Waals surface area contributed by atoms with E-state index in [0.29, 0.717) is 18.9 Å². The average molecular weight is 424 g/mol. The number of aliphatic hydroxyl groups excluding tert-OH is 1. The summed E-state index contributed by atoms with van der Waals surface area (Å²) in [6.07, 6.45) is 21.8. The Morgan fingerprint density at radius 2 is 1.63 bits per heavy atom. The molecule has 1 aliphatic heterocycles. The molecule has 2 atom stereocenters. The molecule has 1 aliphatic rings. The molecule has 6 heteroatoms. The number of carbonyl (C=O) groups is 1. The van der Waals surface area contributed by atoms with Crippen LogP contribution in [0.3, 0.4) is 0 Å². The van der Waals surface area contributed by atoms with E-state index in [0.717, 1.165) is 6.42 Å². The molecule has 0 radical (unpaired) electrons. The summed E-state index contributed by atoms with van der Waals surface area (Å²) >= 11 is 0. The Morgan fingerprint density at radius 3 is 2.17 bits per heavy atom. The molecule has 0 aliphatic carbocycles. The molecule has 1 heterocycles. The van der Waals surface area contributed by atoms with Crippen molar-refractivity contribution in [2.75, 3.05) is 13.1 Å². The minimum atomic E-state index is -0.934. The predicted molar refractivity (Wildman–Crippen MR) is 125 cm³/mol. The zero-order valence-electron chi connectivity index (χ0n) is 19.3. The first kappa shape index (κ1) is 26.5. The maximum Gasteiger partial charge on any atom is 0.322 e. The van der Waals surface area contributed by atoms with Crippen LogP contribution in [0.2, 0.25) is 0 Å². The van der Waals surface area contributed by atoms with Crippen LogP contribution in [-0.4, -0.2) is 46.9 Å². The highest BCUT2D eigenvalue weighted by molar-refractivity contribution is 5.86. The van der Waals surface area contributed by atoms with Crippen molar-refractivity contribution in [1.29, 1.82) is 0 Å². The molecule has 0 spiro atoms. The molecule has 0 aromatic rings. The summed E-state index contributed by atoms with van der Waals surface area (Å²) in [7, 11) is 0. The van der Waals surface area contributed by atoms with E-state index in [1.165, 1.54) is 77.0 Å². The molecule has 0 aromatic carbocycles. The van der Waals surface area contributed by atoms with Crippen molar-refractivity contribution in [3.05, 3.63) is 12.2 Å².